The molecule has 18 heavy (non-hydrogen) atoms. The average Bonchev–Trinajstić information content (AvgIpc) is 2.37. The van der Waals surface area contributed by atoms with E-state index < -0.39 is 0 Å². The largest absolute Gasteiger partial charge is 0.392 e. The Morgan fingerprint density at radius 3 is 3.00 bits per heavy atom. The molecule has 1 aliphatic rings. The molecule has 0 radical (unpaired) electrons. The van der Waals surface area contributed by atoms with E-state index in [2.05, 4.69) is 24.0 Å². The van der Waals surface area contributed by atoms with Crippen LogP contribution in [0.2, 0.25) is 0 Å². The van der Waals surface area contributed by atoms with E-state index in [1.165, 1.54) is 0 Å². The predicted octanol–water partition coefficient (Wildman–Crippen LogP) is 2.50. The number of aliphatic hydroxyl groups excluding tert-OH is 1. The van der Waals surface area contributed by atoms with Gasteiger partial charge in [0.05, 0.1) is 12.2 Å². The Kier molecular flexibility index (Phi) is 7.75. The van der Waals surface area contributed by atoms with E-state index in [1.807, 2.05) is 6.92 Å². The first-order valence-electron chi connectivity index (χ1n) is 6.67. The molecule has 3 nitrogen and oxygen atoms in total. The van der Waals surface area contributed by atoms with Gasteiger partial charge in [0.25, 0.3) is 0 Å². The van der Waals surface area contributed by atoms with Crippen molar-refractivity contribution in [3.05, 3.63) is 12.2 Å². The Hall–Kier alpha value is -0.820. The van der Waals surface area contributed by atoms with E-state index in [9.17, 15) is 5.11 Å². The fourth-order valence-corrected chi connectivity index (χ4v) is 1.87. The van der Waals surface area contributed by atoms with E-state index in [-0.39, 0.29) is 24.9 Å². The van der Waals surface area contributed by atoms with E-state index in [4.69, 9.17) is 9.47 Å². The number of aliphatic hydroxyl groups is 1. The topological polar surface area (TPSA) is 38.7 Å². The maximum atomic E-state index is 9.90. The van der Waals surface area contributed by atoms with Gasteiger partial charge in [0, 0.05) is 19.4 Å². The van der Waals surface area contributed by atoms with Crippen LogP contribution >= 0.6 is 0 Å². The number of ether oxygens (including phenoxy) is 2. The highest BCUT2D eigenvalue weighted by molar-refractivity contribution is 5.08. The fraction of sp³-hybridized carbons (Fsp3) is 0.733. The SMILES string of the molecule is COCOC1/C=C/CCCCC(O)C(C)C#CC1. The molecule has 0 saturated carbocycles. The molecule has 3 unspecified atom stereocenters. The van der Waals surface area contributed by atoms with E-state index in [1.54, 1.807) is 7.11 Å². The molecule has 0 bridgehead atoms. The van der Waals surface area contributed by atoms with Crippen LogP contribution in [0.5, 0.6) is 0 Å². The fourth-order valence-electron chi connectivity index (χ4n) is 1.87. The van der Waals surface area contributed by atoms with Gasteiger partial charge in [0.2, 0.25) is 0 Å². The van der Waals surface area contributed by atoms with Gasteiger partial charge in [-0.3, -0.25) is 0 Å². The minimum atomic E-state index is -0.306. The lowest BCUT2D eigenvalue weighted by Crippen LogP contribution is -2.16. The minimum absolute atomic E-state index is 0.0128. The molecular formula is C15H24O3. The lowest BCUT2D eigenvalue weighted by atomic mass is 9.98. The van der Waals surface area contributed by atoms with Gasteiger partial charge in [0.1, 0.15) is 6.79 Å². The van der Waals surface area contributed by atoms with Crippen molar-refractivity contribution in [1.29, 1.82) is 0 Å². The molecule has 3 heteroatoms. The van der Waals surface area contributed by atoms with Crippen LogP contribution in [0, 0.1) is 17.8 Å². The van der Waals surface area contributed by atoms with E-state index in [0.29, 0.717) is 6.42 Å². The van der Waals surface area contributed by atoms with Gasteiger partial charge in [0.15, 0.2) is 0 Å². The summed E-state index contributed by atoms with van der Waals surface area (Å²) in [6.45, 7) is 2.26. The van der Waals surface area contributed by atoms with Crippen molar-refractivity contribution in [3.63, 3.8) is 0 Å². The summed E-state index contributed by atoms with van der Waals surface area (Å²) in [7, 11) is 1.61. The number of allylic oxidation sites excluding steroid dienone is 1. The molecular weight excluding hydrogens is 228 g/mol. The Bertz CT molecular complexity index is 301. The van der Waals surface area contributed by atoms with Crippen LogP contribution in [0.3, 0.4) is 0 Å². The van der Waals surface area contributed by atoms with Crippen molar-refractivity contribution in [2.75, 3.05) is 13.9 Å². The zero-order valence-corrected chi connectivity index (χ0v) is 11.4. The van der Waals surface area contributed by atoms with Gasteiger partial charge in [-0.1, -0.05) is 30.4 Å². The van der Waals surface area contributed by atoms with Crippen LogP contribution in [0.1, 0.15) is 39.0 Å². The van der Waals surface area contributed by atoms with Crippen molar-refractivity contribution < 1.29 is 14.6 Å². The number of hydrogen-bond acceptors (Lipinski definition) is 3. The van der Waals surface area contributed by atoms with Gasteiger partial charge in [-0.25, -0.2) is 0 Å². The molecule has 1 aliphatic carbocycles. The summed E-state index contributed by atoms with van der Waals surface area (Å²) in [5.41, 5.74) is 0. The lowest BCUT2D eigenvalue weighted by molar-refractivity contribution is -0.0536. The minimum Gasteiger partial charge on any atom is -0.392 e. The third-order valence-electron chi connectivity index (χ3n) is 3.08. The third-order valence-corrected chi connectivity index (χ3v) is 3.08. The van der Waals surface area contributed by atoms with E-state index >= 15 is 0 Å². The van der Waals surface area contributed by atoms with Crippen LogP contribution in [0.4, 0.5) is 0 Å². The Balaban J connectivity index is 2.58. The van der Waals surface area contributed by atoms with Gasteiger partial charge in [-0.05, 0) is 26.2 Å². The standard InChI is InChI=1S/C15H24O3/c1-13-8-7-10-14(18-12-17-2)9-5-3-4-6-11-15(13)16/h5,9,13-16H,3-4,6,10-12H2,1-2H3/b9-5+. The van der Waals surface area contributed by atoms with Gasteiger partial charge >= 0.3 is 0 Å². The Morgan fingerprint density at radius 1 is 1.39 bits per heavy atom. The molecule has 0 aromatic heterocycles. The second-order valence-corrected chi connectivity index (χ2v) is 4.71. The molecule has 0 aromatic carbocycles. The molecule has 0 spiro atoms. The maximum absolute atomic E-state index is 9.90. The number of rotatable bonds is 3. The smallest absolute Gasteiger partial charge is 0.147 e. The van der Waals surface area contributed by atoms with Crippen LogP contribution in [-0.2, 0) is 9.47 Å². The second-order valence-electron chi connectivity index (χ2n) is 4.71. The Morgan fingerprint density at radius 2 is 2.22 bits per heavy atom. The van der Waals surface area contributed by atoms with Crippen LogP contribution in [0.25, 0.3) is 0 Å². The molecule has 1 N–H and O–H groups in total. The van der Waals surface area contributed by atoms with Gasteiger partial charge < -0.3 is 14.6 Å². The Labute approximate surface area is 110 Å². The molecule has 0 aliphatic heterocycles. The summed E-state index contributed by atoms with van der Waals surface area (Å²) in [5.74, 6) is 6.24. The normalized spacial score (nSPS) is 31.6. The third kappa shape index (κ3) is 6.20. The average molecular weight is 252 g/mol. The van der Waals surface area contributed by atoms with E-state index in [0.717, 1.165) is 25.7 Å². The van der Waals surface area contributed by atoms with Crippen molar-refractivity contribution in [2.24, 2.45) is 5.92 Å². The number of hydrogen-bond donors (Lipinski definition) is 1. The highest BCUT2D eigenvalue weighted by Crippen LogP contribution is 2.13. The van der Waals surface area contributed by atoms with Gasteiger partial charge in [-0.2, -0.15) is 0 Å². The molecule has 1 rings (SSSR count). The number of methoxy groups -OCH3 is 1. The van der Waals surface area contributed by atoms with Crippen molar-refractivity contribution >= 4 is 0 Å². The first-order chi connectivity index (χ1) is 8.74. The molecule has 3 atom stereocenters. The summed E-state index contributed by atoms with van der Waals surface area (Å²) in [6.07, 6.45) is 8.55. The highest BCUT2D eigenvalue weighted by Gasteiger charge is 2.11. The summed E-state index contributed by atoms with van der Waals surface area (Å²) in [6, 6.07) is 0. The van der Waals surface area contributed by atoms with Crippen LogP contribution in [-0.4, -0.2) is 31.2 Å². The van der Waals surface area contributed by atoms with Gasteiger partial charge in [-0.15, -0.1) is 0 Å². The highest BCUT2D eigenvalue weighted by atomic mass is 16.7. The second kappa shape index (κ2) is 9.16. The summed E-state index contributed by atoms with van der Waals surface area (Å²) < 4.78 is 10.4. The monoisotopic (exact) mass is 252 g/mol. The molecule has 0 heterocycles. The molecule has 0 fully saturated rings. The summed E-state index contributed by atoms with van der Waals surface area (Å²) in [4.78, 5) is 0. The zero-order chi connectivity index (χ0) is 13.2. The van der Waals surface area contributed by atoms with Crippen LogP contribution < -0.4 is 0 Å². The lowest BCUT2D eigenvalue weighted by Gasteiger charge is -2.15. The van der Waals surface area contributed by atoms with Crippen molar-refractivity contribution in [2.45, 2.75) is 51.2 Å². The molecule has 102 valence electrons. The van der Waals surface area contributed by atoms with Crippen molar-refractivity contribution in [1.82, 2.24) is 0 Å². The van der Waals surface area contributed by atoms with Crippen LogP contribution in [0.15, 0.2) is 12.2 Å². The first-order valence-corrected chi connectivity index (χ1v) is 6.67. The summed E-state index contributed by atoms with van der Waals surface area (Å²) >= 11 is 0. The van der Waals surface area contributed by atoms with Crippen molar-refractivity contribution in [3.8, 4) is 11.8 Å². The molecule has 0 saturated heterocycles. The zero-order valence-electron chi connectivity index (χ0n) is 11.4. The summed E-state index contributed by atoms with van der Waals surface area (Å²) in [5, 5.41) is 9.90. The molecule has 0 aromatic rings. The first kappa shape index (κ1) is 15.2. The maximum Gasteiger partial charge on any atom is 0.147 e. The predicted molar refractivity (Wildman–Crippen MR) is 71.9 cm³/mol. The quantitative estimate of drug-likeness (QED) is 0.476. The molecule has 0 amide bonds.